The summed E-state index contributed by atoms with van der Waals surface area (Å²) in [5.41, 5.74) is 7.84. The summed E-state index contributed by atoms with van der Waals surface area (Å²) in [6, 6.07) is 5.95. The second kappa shape index (κ2) is 5.45. The standard InChI is InChI=1S/C15H19N3O/c16-14-4-5-15(12-6-7-17-10-13(12)14)18-9-11-3-1-2-8-19-11/h4-7,10-11,18H,1-3,8-9,16H2. The van der Waals surface area contributed by atoms with E-state index >= 15 is 0 Å². The second-order valence-electron chi connectivity index (χ2n) is 4.99. The van der Waals surface area contributed by atoms with Crippen LogP contribution >= 0.6 is 0 Å². The summed E-state index contributed by atoms with van der Waals surface area (Å²) in [4.78, 5) is 4.13. The lowest BCUT2D eigenvalue weighted by molar-refractivity contribution is 0.0248. The number of hydrogen-bond acceptors (Lipinski definition) is 4. The topological polar surface area (TPSA) is 60.2 Å². The highest BCUT2D eigenvalue weighted by molar-refractivity contribution is 6.00. The number of nitrogens with zero attached hydrogens (tertiary/aromatic N) is 1. The van der Waals surface area contributed by atoms with Crippen LogP contribution < -0.4 is 11.1 Å². The molecule has 0 spiro atoms. The number of pyridine rings is 1. The van der Waals surface area contributed by atoms with Crippen molar-refractivity contribution in [3.05, 3.63) is 30.6 Å². The summed E-state index contributed by atoms with van der Waals surface area (Å²) in [5.74, 6) is 0. The molecule has 4 heteroatoms. The highest BCUT2D eigenvalue weighted by Gasteiger charge is 2.14. The van der Waals surface area contributed by atoms with Gasteiger partial charge in [0.05, 0.1) is 6.10 Å². The Hall–Kier alpha value is -1.81. The number of ether oxygens (including phenoxy) is 1. The second-order valence-corrected chi connectivity index (χ2v) is 4.99. The number of nitrogen functional groups attached to an aromatic ring is 1. The summed E-state index contributed by atoms with van der Waals surface area (Å²) in [6.07, 6.45) is 7.52. The first-order valence-corrected chi connectivity index (χ1v) is 6.82. The maximum atomic E-state index is 5.97. The van der Waals surface area contributed by atoms with Crippen LogP contribution in [0.5, 0.6) is 0 Å². The smallest absolute Gasteiger partial charge is 0.0747 e. The minimum Gasteiger partial charge on any atom is -0.398 e. The van der Waals surface area contributed by atoms with Crippen LogP contribution in [-0.4, -0.2) is 24.2 Å². The number of nitrogens with two attached hydrogens (primary N) is 1. The van der Waals surface area contributed by atoms with Gasteiger partial charge in [0, 0.05) is 47.7 Å². The van der Waals surface area contributed by atoms with Crippen molar-refractivity contribution in [1.82, 2.24) is 4.98 Å². The fraction of sp³-hybridized carbons (Fsp3) is 0.400. The molecule has 0 aliphatic carbocycles. The fourth-order valence-corrected chi connectivity index (χ4v) is 2.56. The van der Waals surface area contributed by atoms with Crippen LogP contribution in [0.4, 0.5) is 11.4 Å². The molecule has 2 aromatic rings. The number of nitrogens with one attached hydrogen (secondary N) is 1. The summed E-state index contributed by atoms with van der Waals surface area (Å²) in [7, 11) is 0. The third-order valence-corrected chi connectivity index (χ3v) is 3.65. The molecule has 3 rings (SSSR count). The highest BCUT2D eigenvalue weighted by atomic mass is 16.5. The minimum absolute atomic E-state index is 0.322. The third-order valence-electron chi connectivity index (χ3n) is 3.65. The molecule has 1 unspecified atom stereocenters. The van der Waals surface area contributed by atoms with Gasteiger partial charge in [-0.05, 0) is 37.5 Å². The molecule has 4 nitrogen and oxygen atoms in total. The Labute approximate surface area is 113 Å². The maximum absolute atomic E-state index is 5.97. The Balaban J connectivity index is 1.79. The van der Waals surface area contributed by atoms with E-state index in [1.54, 1.807) is 6.20 Å². The van der Waals surface area contributed by atoms with E-state index in [9.17, 15) is 0 Å². The summed E-state index contributed by atoms with van der Waals surface area (Å²) >= 11 is 0. The third kappa shape index (κ3) is 2.63. The van der Waals surface area contributed by atoms with Gasteiger partial charge in [-0.3, -0.25) is 4.98 Å². The maximum Gasteiger partial charge on any atom is 0.0747 e. The lowest BCUT2D eigenvalue weighted by Gasteiger charge is -2.23. The number of benzene rings is 1. The van der Waals surface area contributed by atoms with Crippen LogP contribution in [0.25, 0.3) is 10.8 Å². The quantitative estimate of drug-likeness (QED) is 0.830. The summed E-state index contributed by atoms with van der Waals surface area (Å²) in [6.45, 7) is 1.74. The van der Waals surface area contributed by atoms with Crippen molar-refractivity contribution in [2.45, 2.75) is 25.4 Å². The van der Waals surface area contributed by atoms with Gasteiger partial charge in [-0.25, -0.2) is 0 Å². The van der Waals surface area contributed by atoms with E-state index in [0.717, 1.165) is 41.7 Å². The molecule has 1 aliphatic rings. The zero-order valence-corrected chi connectivity index (χ0v) is 10.9. The lowest BCUT2D eigenvalue weighted by Crippen LogP contribution is -2.27. The van der Waals surface area contributed by atoms with Gasteiger partial charge in [0.15, 0.2) is 0 Å². The molecule has 1 atom stereocenters. The molecule has 3 N–H and O–H groups in total. The SMILES string of the molecule is Nc1ccc(NCC2CCCCO2)c2ccncc12. The largest absolute Gasteiger partial charge is 0.398 e. The van der Waals surface area contributed by atoms with Gasteiger partial charge in [0.25, 0.3) is 0 Å². The van der Waals surface area contributed by atoms with E-state index in [4.69, 9.17) is 10.5 Å². The highest BCUT2D eigenvalue weighted by Crippen LogP contribution is 2.27. The Morgan fingerprint density at radius 1 is 1.26 bits per heavy atom. The Morgan fingerprint density at radius 3 is 3.05 bits per heavy atom. The van der Waals surface area contributed by atoms with Crippen LogP contribution in [-0.2, 0) is 4.74 Å². The van der Waals surface area contributed by atoms with Crippen LogP contribution in [0.3, 0.4) is 0 Å². The van der Waals surface area contributed by atoms with E-state index in [2.05, 4.69) is 10.3 Å². The predicted molar refractivity (Wildman–Crippen MR) is 78.2 cm³/mol. The molecule has 1 aromatic heterocycles. The van der Waals surface area contributed by atoms with E-state index in [1.165, 1.54) is 12.8 Å². The van der Waals surface area contributed by atoms with Gasteiger partial charge in [-0.2, -0.15) is 0 Å². The molecule has 1 aromatic carbocycles. The van der Waals surface area contributed by atoms with E-state index in [1.807, 2.05) is 24.4 Å². The molecule has 1 saturated heterocycles. The Bertz CT molecular complexity index is 564. The van der Waals surface area contributed by atoms with Gasteiger partial charge in [-0.15, -0.1) is 0 Å². The zero-order chi connectivity index (χ0) is 13.1. The first-order chi connectivity index (χ1) is 9.34. The van der Waals surface area contributed by atoms with Crippen LogP contribution in [0.1, 0.15) is 19.3 Å². The first-order valence-electron chi connectivity index (χ1n) is 6.82. The number of fused-ring (bicyclic) bond motifs is 1. The number of hydrogen-bond donors (Lipinski definition) is 2. The van der Waals surface area contributed by atoms with Crippen molar-refractivity contribution in [3.8, 4) is 0 Å². The van der Waals surface area contributed by atoms with Crippen LogP contribution in [0.15, 0.2) is 30.6 Å². The molecule has 1 fully saturated rings. The predicted octanol–water partition coefficient (Wildman–Crippen LogP) is 2.80. The number of anilines is 2. The van der Waals surface area contributed by atoms with Gasteiger partial charge < -0.3 is 15.8 Å². The zero-order valence-electron chi connectivity index (χ0n) is 10.9. The molecule has 1 aliphatic heterocycles. The lowest BCUT2D eigenvalue weighted by atomic mass is 10.1. The molecular weight excluding hydrogens is 238 g/mol. The van der Waals surface area contributed by atoms with Crippen molar-refractivity contribution in [3.63, 3.8) is 0 Å². The van der Waals surface area contributed by atoms with Gasteiger partial charge in [-0.1, -0.05) is 0 Å². The molecule has 0 radical (unpaired) electrons. The average Bonchev–Trinajstić information content (AvgIpc) is 2.48. The first kappa shape index (κ1) is 12.2. The fourth-order valence-electron chi connectivity index (χ4n) is 2.56. The monoisotopic (exact) mass is 257 g/mol. The van der Waals surface area contributed by atoms with Crippen molar-refractivity contribution in [1.29, 1.82) is 0 Å². The molecule has 0 saturated carbocycles. The normalized spacial score (nSPS) is 19.5. The van der Waals surface area contributed by atoms with Crippen molar-refractivity contribution < 1.29 is 4.74 Å². The molecule has 2 heterocycles. The van der Waals surface area contributed by atoms with Crippen LogP contribution in [0.2, 0.25) is 0 Å². The molecule has 0 bridgehead atoms. The van der Waals surface area contributed by atoms with Crippen molar-refractivity contribution >= 4 is 22.1 Å². The summed E-state index contributed by atoms with van der Waals surface area (Å²) < 4.78 is 5.74. The van der Waals surface area contributed by atoms with Gasteiger partial charge >= 0.3 is 0 Å². The number of aromatic nitrogens is 1. The van der Waals surface area contributed by atoms with E-state index in [0.29, 0.717) is 6.10 Å². The molecular formula is C15H19N3O. The molecule has 0 amide bonds. The number of rotatable bonds is 3. The van der Waals surface area contributed by atoms with Gasteiger partial charge in [0.1, 0.15) is 0 Å². The van der Waals surface area contributed by atoms with Crippen molar-refractivity contribution in [2.75, 3.05) is 24.2 Å². The van der Waals surface area contributed by atoms with E-state index < -0.39 is 0 Å². The summed E-state index contributed by atoms with van der Waals surface area (Å²) in [5, 5.41) is 5.59. The van der Waals surface area contributed by atoms with Crippen LogP contribution in [0, 0.1) is 0 Å². The Kier molecular flexibility index (Phi) is 3.51. The van der Waals surface area contributed by atoms with E-state index in [-0.39, 0.29) is 0 Å². The minimum atomic E-state index is 0.322. The molecule has 100 valence electrons. The van der Waals surface area contributed by atoms with Crippen molar-refractivity contribution in [2.24, 2.45) is 0 Å². The average molecular weight is 257 g/mol. The Morgan fingerprint density at radius 2 is 2.21 bits per heavy atom. The molecule has 19 heavy (non-hydrogen) atoms. The van der Waals surface area contributed by atoms with Gasteiger partial charge in [0.2, 0.25) is 0 Å².